The van der Waals surface area contributed by atoms with Gasteiger partial charge in [-0.15, -0.1) is 9.19 Å². The molecule has 114 valence electrons. The van der Waals surface area contributed by atoms with Gasteiger partial charge in [0, 0.05) is 11.9 Å². The maximum Gasteiger partial charge on any atom is 0.416 e. The van der Waals surface area contributed by atoms with Crippen LogP contribution in [0, 0.1) is 0 Å². The zero-order valence-corrected chi connectivity index (χ0v) is 12.9. The molecule has 1 aromatic carbocycles. The maximum atomic E-state index is 12.6. The first-order valence-corrected chi connectivity index (χ1v) is 7.09. The lowest BCUT2D eigenvalue weighted by Gasteiger charge is -2.09. The second-order valence-corrected chi connectivity index (χ2v) is 7.84. The van der Waals surface area contributed by atoms with Crippen LogP contribution in [0.3, 0.4) is 0 Å². The van der Waals surface area contributed by atoms with E-state index in [1.807, 2.05) is 0 Å². The quantitative estimate of drug-likeness (QED) is 0.745. The first-order chi connectivity index (χ1) is 9.58. The van der Waals surface area contributed by atoms with E-state index in [2.05, 4.69) is 5.10 Å². The number of halogens is 6. The Hall–Kier alpha value is -0.830. The summed E-state index contributed by atoms with van der Waals surface area (Å²) >= 11 is 17.0. The Bertz CT molecular complexity index is 708. The molecule has 0 fully saturated rings. The Morgan fingerprint density at radius 1 is 1.19 bits per heavy atom. The van der Waals surface area contributed by atoms with Crippen molar-refractivity contribution >= 4 is 46.8 Å². The fourth-order valence-corrected chi connectivity index (χ4v) is 2.50. The molecule has 4 nitrogen and oxygen atoms in total. The van der Waals surface area contributed by atoms with Crippen LogP contribution < -0.4 is 5.69 Å². The van der Waals surface area contributed by atoms with E-state index in [-0.39, 0.29) is 5.69 Å². The lowest BCUT2D eigenvalue weighted by molar-refractivity contribution is -0.137. The lowest BCUT2D eigenvalue weighted by atomic mass is 10.2. The highest BCUT2D eigenvalue weighted by Crippen LogP contribution is 2.38. The minimum Gasteiger partial charge on any atom is -0.249 e. The molecule has 0 radical (unpaired) electrons. The standard InChI is InChI=1S/C10H5Cl3F3N3OS/c11-10(12,13)21-19-8(20)18(5-17-19)7-3-1-2-6(4-7)9(14,15)16/h1-5H. The summed E-state index contributed by atoms with van der Waals surface area (Å²) in [5.41, 5.74) is -1.62. The summed E-state index contributed by atoms with van der Waals surface area (Å²) in [5.74, 6) is 0. The van der Waals surface area contributed by atoms with E-state index < -0.39 is 20.6 Å². The van der Waals surface area contributed by atoms with Gasteiger partial charge in [-0.25, -0.2) is 9.36 Å². The van der Waals surface area contributed by atoms with Gasteiger partial charge in [0.25, 0.3) is 3.12 Å². The average molecular weight is 379 g/mol. The molecule has 0 aliphatic rings. The minimum absolute atomic E-state index is 0.00555. The SMILES string of the molecule is O=c1n(-c2cccc(C(F)(F)F)c2)cnn1SC(Cl)(Cl)Cl. The molecule has 0 aliphatic carbocycles. The van der Waals surface area contributed by atoms with Crippen LogP contribution in [0.15, 0.2) is 35.4 Å². The Kier molecular flexibility index (Phi) is 4.53. The van der Waals surface area contributed by atoms with Crippen LogP contribution in [0.5, 0.6) is 0 Å². The van der Waals surface area contributed by atoms with Crippen molar-refractivity contribution in [1.29, 1.82) is 0 Å². The molecule has 0 unspecified atom stereocenters. The zero-order valence-electron chi connectivity index (χ0n) is 9.81. The fraction of sp³-hybridized carbons (Fsp3) is 0.200. The van der Waals surface area contributed by atoms with E-state index in [1.54, 1.807) is 0 Å². The topological polar surface area (TPSA) is 39.8 Å². The van der Waals surface area contributed by atoms with E-state index in [1.165, 1.54) is 12.1 Å². The molecule has 0 saturated heterocycles. The first-order valence-electron chi connectivity index (χ1n) is 5.18. The van der Waals surface area contributed by atoms with Gasteiger partial charge in [-0.05, 0) is 18.2 Å². The summed E-state index contributed by atoms with van der Waals surface area (Å²) in [6.07, 6.45) is -3.47. The van der Waals surface area contributed by atoms with Crippen LogP contribution in [-0.4, -0.2) is 16.9 Å². The van der Waals surface area contributed by atoms with Crippen LogP contribution in [-0.2, 0) is 6.18 Å². The molecule has 11 heteroatoms. The Labute approximate surface area is 135 Å². The van der Waals surface area contributed by atoms with E-state index in [4.69, 9.17) is 34.8 Å². The van der Waals surface area contributed by atoms with Gasteiger partial charge < -0.3 is 0 Å². The Morgan fingerprint density at radius 3 is 2.43 bits per heavy atom. The second kappa shape index (κ2) is 5.75. The number of benzene rings is 1. The maximum absolute atomic E-state index is 12.6. The summed E-state index contributed by atoms with van der Waals surface area (Å²) in [6.45, 7) is 0. The molecule has 2 rings (SSSR count). The van der Waals surface area contributed by atoms with Crippen molar-refractivity contribution in [3.63, 3.8) is 0 Å². The number of nitrogens with zero attached hydrogens (tertiary/aromatic N) is 3. The number of rotatable bonds is 2. The van der Waals surface area contributed by atoms with E-state index in [0.717, 1.165) is 27.1 Å². The van der Waals surface area contributed by atoms with Crippen molar-refractivity contribution in [2.45, 2.75) is 9.30 Å². The predicted molar refractivity (Wildman–Crippen MR) is 76.1 cm³/mol. The third kappa shape index (κ3) is 4.09. The van der Waals surface area contributed by atoms with E-state index in [0.29, 0.717) is 11.9 Å². The predicted octanol–water partition coefficient (Wildman–Crippen LogP) is 3.88. The molecular weight excluding hydrogens is 374 g/mol. The normalized spacial score (nSPS) is 12.7. The summed E-state index contributed by atoms with van der Waals surface area (Å²) in [6, 6.07) is 4.25. The molecule has 21 heavy (non-hydrogen) atoms. The number of hydrogen-bond acceptors (Lipinski definition) is 3. The van der Waals surface area contributed by atoms with Crippen LogP contribution in [0.2, 0.25) is 0 Å². The van der Waals surface area contributed by atoms with Crippen LogP contribution in [0.4, 0.5) is 13.2 Å². The van der Waals surface area contributed by atoms with E-state index in [9.17, 15) is 18.0 Å². The van der Waals surface area contributed by atoms with Gasteiger partial charge in [-0.1, -0.05) is 40.9 Å². The molecule has 1 heterocycles. The molecular formula is C10H5Cl3F3N3OS. The van der Waals surface area contributed by atoms with Gasteiger partial charge in [-0.2, -0.15) is 13.2 Å². The van der Waals surface area contributed by atoms with Crippen molar-refractivity contribution in [3.8, 4) is 5.69 Å². The lowest BCUT2D eigenvalue weighted by Crippen LogP contribution is -2.22. The highest BCUT2D eigenvalue weighted by atomic mass is 35.6. The largest absolute Gasteiger partial charge is 0.416 e. The second-order valence-electron chi connectivity index (χ2n) is 3.74. The van der Waals surface area contributed by atoms with Crippen molar-refractivity contribution in [2.24, 2.45) is 0 Å². The number of hydrogen-bond donors (Lipinski definition) is 0. The molecule has 0 atom stereocenters. The first kappa shape index (κ1) is 16.5. The average Bonchev–Trinajstić information content (AvgIpc) is 2.68. The van der Waals surface area contributed by atoms with Crippen molar-refractivity contribution in [2.75, 3.05) is 0 Å². The summed E-state index contributed by atoms with van der Waals surface area (Å²) in [5, 5.41) is 3.66. The summed E-state index contributed by atoms with van der Waals surface area (Å²) in [7, 11) is 0. The van der Waals surface area contributed by atoms with Gasteiger partial charge in [0.15, 0.2) is 0 Å². The summed E-state index contributed by atoms with van der Waals surface area (Å²) < 4.78 is 37.8. The molecule has 0 bridgehead atoms. The highest BCUT2D eigenvalue weighted by molar-refractivity contribution is 8.03. The monoisotopic (exact) mass is 377 g/mol. The van der Waals surface area contributed by atoms with Gasteiger partial charge in [0.05, 0.1) is 11.3 Å². The van der Waals surface area contributed by atoms with Gasteiger partial charge in [0.1, 0.15) is 6.33 Å². The molecule has 0 amide bonds. The highest BCUT2D eigenvalue weighted by Gasteiger charge is 2.31. The molecule has 2 aromatic rings. The number of alkyl halides is 6. The molecule has 1 aromatic heterocycles. The van der Waals surface area contributed by atoms with Crippen molar-refractivity contribution in [3.05, 3.63) is 46.6 Å². The minimum atomic E-state index is -4.51. The van der Waals surface area contributed by atoms with Gasteiger partial charge in [-0.3, -0.25) is 0 Å². The smallest absolute Gasteiger partial charge is 0.249 e. The molecule has 0 N–H and O–H groups in total. The van der Waals surface area contributed by atoms with Crippen LogP contribution in [0.25, 0.3) is 5.69 Å². The molecule has 0 saturated carbocycles. The Morgan fingerprint density at radius 2 is 1.86 bits per heavy atom. The molecule has 0 aliphatic heterocycles. The summed E-state index contributed by atoms with van der Waals surface area (Å²) in [4.78, 5) is 12.0. The fourth-order valence-electron chi connectivity index (χ4n) is 1.46. The zero-order chi connectivity index (χ0) is 15.8. The van der Waals surface area contributed by atoms with Crippen molar-refractivity contribution in [1.82, 2.24) is 13.8 Å². The van der Waals surface area contributed by atoms with E-state index >= 15 is 0 Å². The van der Waals surface area contributed by atoms with Crippen LogP contribution in [0.1, 0.15) is 5.56 Å². The van der Waals surface area contributed by atoms with Gasteiger partial charge >= 0.3 is 11.9 Å². The third-order valence-corrected chi connectivity index (χ3v) is 3.53. The van der Waals surface area contributed by atoms with Gasteiger partial charge in [0.2, 0.25) is 0 Å². The third-order valence-electron chi connectivity index (χ3n) is 2.28. The van der Waals surface area contributed by atoms with Crippen molar-refractivity contribution < 1.29 is 13.2 Å². The molecule has 0 spiro atoms. The number of aromatic nitrogens is 3. The van der Waals surface area contributed by atoms with Crippen LogP contribution >= 0.6 is 46.8 Å². The Balaban J connectivity index is 2.43.